The zero-order chi connectivity index (χ0) is 8.15. The molecule has 10 heavy (non-hydrogen) atoms. The summed E-state index contributed by atoms with van der Waals surface area (Å²) in [6.07, 6.45) is 0.444. The first-order chi connectivity index (χ1) is 4.59. The molecule has 0 bridgehead atoms. The number of allylic oxidation sites excluding steroid dienone is 1. The van der Waals surface area contributed by atoms with Gasteiger partial charge in [0.05, 0.1) is 0 Å². The summed E-state index contributed by atoms with van der Waals surface area (Å²) in [7, 11) is 0. The van der Waals surface area contributed by atoms with E-state index in [4.69, 9.17) is 16.7 Å². The predicted octanol–water partition coefficient (Wildman–Crippen LogP) is 2.04. The molecule has 0 aromatic carbocycles. The van der Waals surface area contributed by atoms with Crippen molar-refractivity contribution in [2.45, 2.75) is 20.3 Å². The Kier molecular flexibility index (Phi) is 4.12. The van der Waals surface area contributed by atoms with Crippen LogP contribution in [0.4, 0.5) is 0 Å². The molecule has 0 fully saturated rings. The minimum absolute atomic E-state index is 0.368. The fourth-order valence-corrected chi connectivity index (χ4v) is 0.854. The molecule has 2 nitrogen and oxygen atoms in total. The molecule has 0 unspecified atom stereocenters. The van der Waals surface area contributed by atoms with Gasteiger partial charge in [-0.25, -0.2) is 4.79 Å². The molecule has 0 atom stereocenters. The van der Waals surface area contributed by atoms with Crippen molar-refractivity contribution in [3.05, 3.63) is 11.1 Å². The van der Waals surface area contributed by atoms with Crippen LogP contribution in [0.3, 0.4) is 0 Å². The maximum Gasteiger partial charge on any atom is 0.331 e. The van der Waals surface area contributed by atoms with Crippen LogP contribution in [0.25, 0.3) is 0 Å². The van der Waals surface area contributed by atoms with Gasteiger partial charge in [-0.1, -0.05) is 5.57 Å². The highest BCUT2D eigenvalue weighted by Gasteiger charge is 2.06. The molecule has 1 N–H and O–H groups in total. The SMILES string of the molecule is CC(C)=C(CCCl)C(=O)O. The molecule has 0 aliphatic carbocycles. The smallest absolute Gasteiger partial charge is 0.331 e. The fourth-order valence-electron chi connectivity index (χ4n) is 0.665. The predicted molar refractivity (Wildman–Crippen MR) is 41.3 cm³/mol. The van der Waals surface area contributed by atoms with Gasteiger partial charge in [0.2, 0.25) is 0 Å². The first-order valence-electron chi connectivity index (χ1n) is 3.05. The molecule has 0 radical (unpaired) electrons. The lowest BCUT2D eigenvalue weighted by Crippen LogP contribution is -2.02. The van der Waals surface area contributed by atoms with Crippen LogP contribution < -0.4 is 0 Å². The standard InChI is InChI=1S/C7H11ClO2/c1-5(2)6(3-4-8)7(9)10/h3-4H2,1-2H3,(H,9,10). The number of alkyl halides is 1. The monoisotopic (exact) mass is 162 g/mol. The zero-order valence-electron chi connectivity index (χ0n) is 6.15. The molecule has 58 valence electrons. The largest absolute Gasteiger partial charge is 0.478 e. The zero-order valence-corrected chi connectivity index (χ0v) is 6.90. The van der Waals surface area contributed by atoms with Crippen molar-refractivity contribution in [2.24, 2.45) is 0 Å². The number of carboxylic acid groups (broad SMARTS) is 1. The van der Waals surface area contributed by atoms with Gasteiger partial charge < -0.3 is 5.11 Å². The molecule has 3 heteroatoms. The Hall–Kier alpha value is -0.500. The van der Waals surface area contributed by atoms with Gasteiger partial charge in [-0.2, -0.15) is 0 Å². The van der Waals surface area contributed by atoms with Crippen LogP contribution in [-0.2, 0) is 4.79 Å². The first-order valence-corrected chi connectivity index (χ1v) is 3.58. The molecule has 0 spiro atoms. The summed E-state index contributed by atoms with van der Waals surface area (Å²) in [6, 6.07) is 0. The maximum atomic E-state index is 10.4. The van der Waals surface area contributed by atoms with Gasteiger partial charge in [0, 0.05) is 11.5 Å². The number of carboxylic acids is 1. The van der Waals surface area contributed by atoms with Gasteiger partial charge in [0.15, 0.2) is 0 Å². The molecule has 0 amide bonds. The Morgan fingerprint density at radius 1 is 1.50 bits per heavy atom. The van der Waals surface area contributed by atoms with Crippen LogP contribution in [0, 0.1) is 0 Å². The summed E-state index contributed by atoms with van der Waals surface area (Å²) >= 11 is 5.39. The highest BCUT2D eigenvalue weighted by molar-refractivity contribution is 6.18. The second-order valence-electron chi connectivity index (χ2n) is 2.22. The van der Waals surface area contributed by atoms with Crippen LogP contribution in [0.2, 0.25) is 0 Å². The van der Waals surface area contributed by atoms with Gasteiger partial charge in [0.25, 0.3) is 0 Å². The molecule has 0 aliphatic rings. The van der Waals surface area contributed by atoms with Gasteiger partial charge in [-0.05, 0) is 20.3 Å². The second kappa shape index (κ2) is 4.34. The van der Waals surface area contributed by atoms with E-state index in [1.165, 1.54) is 0 Å². The maximum absolute atomic E-state index is 10.4. The Balaban J connectivity index is 4.28. The molecule has 0 aromatic rings. The quantitative estimate of drug-likeness (QED) is 0.510. The lowest BCUT2D eigenvalue weighted by atomic mass is 10.1. The lowest BCUT2D eigenvalue weighted by Gasteiger charge is -2.00. The molecule has 0 aromatic heterocycles. The highest BCUT2D eigenvalue weighted by Crippen LogP contribution is 2.08. The Bertz CT molecular complexity index is 157. The van der Waals surface area contributed by atoms with Crippen molar-refractivity contribution in [2.75, 3.05) is 5.88 Å². The summed E-state index contributed by atoms with van der Waals surface area (Å²) in [4.78, 5) is 10.4. The van der Waals surface area contributed by atoms with E-state index in [0.29, 0.717) is 17.9 Å². The summed E-state index contributed by atoms with van der Waals surface area (Å²) in [5, 5.41) is 8.56. The highest BCUT2D eigenvalue weighted by atomic mass is 35.5. The number of carbonyl (C=O) groups is 1. The van der Waals surface area contributed by atoms with E-state index in [1.54, 1.807) is 13.8 Å². The minimum Gasteiger partial charge on any atom is -0.478 e. The van der Waals surface area contributed by atoms with Crippen LogP contribution >= 0.6 is 11.6 Å². The third kappa shape index (κ3) is 2.87. The van der Waals surface area contributed by atoms with E-state index >= 15 is 0 Å². The summed E-state index contributed by atoms with van der Waals surface area (Å²) in [5.74, 6) is -0.493. The van der Waals surface area contributed by atoms with Gasteiger partial charge in [0.1, 0.15) is 0 Å². The van der Waals surface area contributed by atoms with E-state index in [2.05, 4.69) is 0 Å². The van der Waals surface area contributed by atoms with Crippen molar-refractivity contribution in [1.82, 2.24) is 0 Å². The van der Waals surface area contributed by atoms with Crippen LogP contribution in [0.15, 0.2) is 11.1 Å². The van der Waals surface area contributed by atoms with Crippen LogP contribution in [0.5, 0.6) is 0 Å². The molecule has 0 rings (SSSR count). The molecular weight excluding hydrogens is 152 g/mol. The lowest BCUT2D eigenvalue weighted by molar-refractivity contribution is -0.132. The summed E-state index contributed by atoms with van der Waals surface area (Å²) in [6.45, 7) is 3.55. The number of hydrogen-bond donors (Lipinski definition) is 1. The minimum atomic E-state index is -0.861. The molecule has 0 saturated carbocycles. The first kappa shape index (κ1) is 9.50. The van der Waals surface area contributed by atoms with Crippen LogP contribution in [-0.4, -0.2) is 17.0 Å². The molecular formula is C7H11ClO2. The van der Waals surface area contributed by atoms with Crippen LogP contribution in [0.1, 0.15) is 20.3 Å². The molecule has 0 aliphatic heterocycles. The van der Waals surface area contributed by atoms with Crippen molar-refractivity contribution in [3.8, 4) is 0 Å². The number of rotatable bonds is 3. The summed E-state index contributed by atoms with van der Waals surface area (Å²) < 4.78 is 0. The topological polar surface area (TPSA) is 37.3 Å². The summed E-state index contributed by atoms with van der Waals surface area (Å²) in [5.41, 5.74) is 1.25. The average molecular weight is 163 g/mol. The van der Waals surface area contributed by atoms with E-state index in [9.17, 15) is 4.79 Å². The van der Waals surface area contributed by atoms with E-state index in [0.717, 1.165) is 5.57 Å². The fraction of sp³-hybridized carbons (Fsp3) is 0.571. The van der Waals surface area contributed by atoms with Gasteiger partial charge in [-0.3, -0.25) is 0 Å². The number of halogens is 1. The van der Waals surface area contributed by atoms with Crippen molar-refractivity contribution in [1.29, 1.82) is 0 Å². The third-order valence-electron chi connectivity index (χ3n) is 1.21. The molecule has 0 saturated heterocycles. The van der Waals surface area contributed by atoms with Crippen molar-refractivity contribution in [3.63, 3.8) is 0 Å². The van der Waals surface area contributed by atoms with Gasteiger partial charge in [-0.15, -0.1) is 11.6 Å². The number of hydrogen-bond acceptors (Lipinski definition) is 1. The van der Waals surface area contributed by atoms with E-state index < -0.39 is 5.97 Å². The van der Waals surface area contributed by atoms with Crippen molar-refractivity contribution < 1.29 is 9.90 Å². The Morgan fingerprint density at radius 3 is 2.10 bits per heavy atom. The average Bonchev–Trinajstić information content (AvgIpc) is 1.81. The Morgan fingerprint density at radius 2 is 2.00 bits per heavy atom. The van der Waals surface area contributed by atoms with Crippen molar-refractivity contribution >= 4 is 17.6 Å². The Labute approximate surface area is 65.5 Å². The van der Waals surface area contributed by atoms with Gasteiger partial charge >= 0.3 is 5.97 Å². The number of aliphatic carboxylic acids is 1. The van der Waals surface area contributed by atoms with E-state index in [-0.39, 0.29) is 0 Å². The third-order valence-corrected chi connectivity index (χ3v) is 1.40. The normalized spacial score (nSPS) is 9.10. The molecule has 0 heterocycles. The van der Waals surface area contributed by atoms with E-state index in [1.807, 2.05) is 0 Å². The second-order valence-corrected chi connectivity index (χ2v) is 2.60.